The minimum absolute atomic E-state index is 0.886. The predicted octanol–water partition coefficient (Wildman–Crippen LogP) is 13.0. The van der Waals surface area contributed by atoms with Gasteiger partial charge >= 0.3 is 0 Å². The number of nitrogens with zero attached hydrogens (tertiary/aromatic N) is 1. The Morgan fingerprint density at radius 2 is 1.04 bits per heavy atom. The second-order valence-electron chi connectivity index (χ2n) is 12.2. The first-order valence-corrected chi connectivity index (χ1v) is 16.1. The van der Waals surface area contributed by atoms with Gasteiger partial charge in [-0.25, -0.2) is 0 Å². The van der Waals surface area contributed by atoms with Crippen LogP contribution in [0.3, 0.4) is 0 Å². The third kappa shape index (κ3) is 4.57. The first kappa shape index (κ1) is 27.2. The van der Waals surface area contributed by atoms with Gasteiger partial charge in [0.2, 0.25) is 0 Å². The van der Waals surface area contributed by atoms with Crippen molar-refractivity contribution >= 4 is 60.5 Å². The Morgan fingerprint density at radius 3 is 1.81 bits per heavy atom. The molecule has 0 saturated carbocycles. The van der Waals surface area contributed by atoms with E-state index in [1.54, 1.807) is 0 Å². The van der Waals surface area contributed by atoms with Crippen molar-refractivity contribution in [3.63, 3.8) is 0 Å². The number of rotatable bonds is 5. The molecular formula is C45H31NO. The Balaban J connectivity index is 1.22. The number of anilines is 3. The second-order valence-corrected chi connectivity index (χ2v) is 12.2. The van der Waals surface area contributed by atoms with Crippen molar-refractivity contribution in [3.05, 3.63) is 175 Å². The highest BCUT2D eigenvalue weighted by atomic mass is 16.3. The fourth-order valence-corrected chi connectivity index (χ4v) is 7.10. The smallest absolute Gasteiger partial charge is 0.138 e. The molecule has 2 nitrogen and oxygen atoms in total. The summed E-state index contributed by atoms with van der Waals surface area (Å²) in [6.45, 7) is 2.11. The molecule has 47 heavy (non-hydrogen) atoms. The Morgan fingerprint density at radius 1 is 0.447 bits per heavy atom. The van der Waals surface area contributed by atoms with Crippen LogP contribution < -0.4 is 4.90 Å². The topological polar surface area (TPSA) is 16.4 Å². The van der Waals surface area contributed by atoms with Gasteiger partial charge in [-0.15, -0.1) is 0 Å². The summed E-state index contributed by atoms with van der Waals surface area (Å²) in [5.74, 6) is 0. The van der Waals surface area contributed by atoms with Crippen molar-refractivity contribution in [1.29, 1.82) is 0 Å². The molecule has 222 valence electrons. The zero-order chi connectivity index (χ0) is 31.3. The molecule has 0 aliphatic rings. The number of benzene rings is 8. The molecule has 1 heterocycles. The molecule has 8 aromatic carbocycles. The Kier molecular flexibility index (Phi) is 6.39. The van der Waals surface area contributed by atoms with Crippen LogP contribution in [0.4, 0.5) is 17.1 Å². The van der Waals surface area contributed by atoms with Crippen molar-refractivity contribution in [2.45, 2.75) is 6.92 Å². The Bertz CT molecular complexity index is 2560. The van der Waals surface area contributed by atoms with Gasteiger partial charge in [-0.1, -0.05) is 127 Å². The van der Waals surface area contributed by atoms with Gasteiger partial charge in [0.15, 0.2) is 0 Å². The van der Waals surface area contributed by atoms with Crippen LogP contribution in [0.2, 0.25) is 0 Å². The number of hydrogen-bond donors (Lipinski definition) is 0. The maximum Gasteiger partial charge on any atom is 0.138 e. The molecule has 0 aliphatic heterocycles. The fraction of sp³-hybridized carbons (Fsp3) is 0.0222. The Labute approximate surface area is 273 Å². The van der Waals surface area contributed by atoms with Crippen LogP contribution in [0.25, 0.3) is 65.7 Å². The fourth-order valence-electron chi connectivity index (χ4n) is 7.10. The predicted molar refractivity (Wildman–Crippen MR) is 199 cm³/mol. The summed E-state index contributed by atoms with van der Waals surface area (Å²) in [5.41, 5.74) is 11.0. The summed E-state index contributed by atoms with van der Waals surface area (Å²) in [4.78, 5) is 2.36. The van der Waals surface area contributed by atoms with Crippen LogP contribution in [0.1, 0.15) is 5.56 Å². The maximum atomic E-state index is 6.45. The highest BCUT2D eigenvalue weighted by molar-refractivity contribution is 6.15. The highest BCUT2D eigenvalue weighted by Gasteiger charge is 2.20. The van der Waals surface area contributed by atoms with Crippen LogP contribution in [0.15, 0.2) is 174 Å². The number of hydrogen-bond acceptors (Lipinski definition) is 2. The van der Waals surface area contributed by atoms with E-state index in [1.807, 2.05) is 0 Å². The molecule has 0 saturated heterocycles. The monoisotopic (exact) mass is 601 g/mol. The third-order valence-corrected chi connectivity index (χ3v) is 9.38. The van der Waals surface area contributed by atoms with E-state index < -0.39 is 0 Å². The largest absolute Gasteiger partial charge is 0.456 e. The molecular weight excluding hydrogens is 571 g/mol. The van der Waals surface area contributed by atoms with Crippen molar-refractivity contribution < 1.29 is 4.42 Å². The standard InChI is InChI=1S/C45H31NO/c1-30-11-9-18-40-44-42(19-10-20-43(44)47-45(30)40)46(35-25-21-32(22-26-35)31-12-3-2-4-13-31)36-27-23-33(24-28-36)41-29-34-14-5-6-15-37(34)38-16-7-8-17-39(38)41/h2-29H,1H3. The van der Waals surface area contributed by atoms with E-state index in [9.17, 15) is 0 Å². The van der Waals surface area contributed by atoms with E-state index in [1.165, 1.54) is 43.8 Å². The van der Waals surface area contributed by atoms with E-state index >= 15 is 0 Å². The van der Waals surface area contributed by atoms with Gasteiger partial charge in [-0.3, -0.25) is 0 Å². The van der Waals surface area contributed by atoms with Gasteiger partial charge in [0.05, 0.1) is 11.1 Å². The molecule has 0 radical (unpaired) electrons. The van der Waals surface area contributed by atoms with Crippen LogP contribution >= 0.6 is 0 Å². The lowest BCUT2D eigenvalue weighted by molar-refractivity contribution is 0.666. The molecule has 0 amide bonds. The zero-order valence-corrected chi connectivity index (χ0v) is 26.0. The lowest BCUT2D eigenvalue weighted by Crippen LogP contribution is -2.10. The molecule has 9 aromatic rings. The van der Waals surface area contributed by atoms with Crippen LogP contribution in [0.5, 0.6) is 0 Å². The number of fused-ring (bicyclic) bond motifs is 6. The van der Waals surface area contributed by atoms with Gasteiger partial charge in [0.25, 0.3) is 0 Å². The summed E-state index contributed by atoms with van der Waals surface area (Å²) in [7, 11) is 0. The van der Waals surface area contributed by atoms with E-state index in [-0.39, 0.29) is 0 Å². The molecule has 0 aliphatic carbocycles. The van der Waals surface area contributed by atoms with Crippen LogP contribution in [-0.2, 0) is 0 Å². The molecule has 0 N–H and O–H groups in total. The average molecular weight is 602 g/mol. The van der Waals surface area contributed by atoms with E-state index in [2.05, 4.69) is 182 Å². The molecule has 0 fully saturated rings. The number of para-hydroxylation sites is 1. The molecule has 9 rings (SSSR count). The van der Waals surface area contributed by atoms with Gasteiger partial charge in [-0.05, 0) is 98.8 Å². The summed E-state index contributed by atoms with van der Waals surface area (Å²) in [6.07, 6.45) is 0. The molecule has 0 spiro atoms. The summed E-state index contributed by atoms with van der Waals surface area (Å²) < 4.78 is 6.45. The lowest BCUT2D eigenvalue weighted by Gasteiger charge is -2.27. The number of furan rings is 1. The normalized spacial score (nSPS) is 11.5. The van der Waals surface area contributed by atoms with Gasteiger partial charge in [-0.2, -0.15) is 0 Å². The van der Waals surface area contributed by atoms with Gasteiger partial charge < -0.3 is 9.32 Å². The first-order valence-electron chi connectivity index (χ1n) is 16.1. The molecule has 0 unspecified atom stereocenters. The third-order valence-electron chi connectivity index (χ3n) is 9.38. The van der Waals surface area contributed by atoms with Gasteiger partial charge in [0.1, 0.15) is 11.2 Å². The van der Waals surface area contributed by atoms with Crippen molar-refractivity contribution in [2.24, 2.45) is 0 Å². The number of aryl methyl sites for hydroxylation is 1. The summed E-state index contributed by atoms with van der Waals surface area (Å²) >= 11 is 0. The quantitative estimate of drug-likeness (QED) is 0.182. The lowest BCUT2D eigenvalue weighted by atomic mass is 9.93. The molecule has 2 heteroatoms. The minimum atomic E-state index is 0.886. The van der Waals surface area contributed by atoms with Crippen molar-refractivity contribution in [1.82, 2.24) is 0 Å². The molecule has 0 bridgehead atoms. The zero-order valence-electron chi connectivity index (χ0n) is 26.0. The van der Waals surface area contributed by atoms with E-state index in [0.717, 1.165) is 44.6 Å². The molecule has 0 atom stereocenters. The van der Waals surface area contributed by atoms with Gasteiger partial charge in [0, 0.05) is 16.8 Å². The van der Waals surface area contributed by atoms with E-state index in [4.69, 9.17) is 4.42 Å². The van der Waals surface area contributed by atoms with Crippen molar-refractivity contribution in [3.8, 4) is 22.3 Å². The first-order chi connectivity index (χ1) is 23.2. The molecule has 1 aromatic heterocycles. The minimum Gasteiger partial charge on any atom is -0.456 e. The highest BCUT2D eigenvalue weighted by Crippen LogP contribution is 2.44. The van der Waals surface area contributed by atoms with Crippen LogP contribution in [-0.4, -0.2) is 0 Å². The average Bonchev–Trinajstić information content (AvgIpc) is 3.53. The summed E-state index contributed by atoms with van der Waals surface area (Å²) in [6, 6.07) is 60.9. The maximum absolute atomic E-state index is 6.45. The van der Waals surface area contributed by atoms with Crippen LogP contribution in [0, 0.1) is 6.92 Å². The SMILES string of the molecule is Cc1cccc2c1oc1cccc(N(c3ccc(-c4ccccc4)cc3)c3ccc(-c4cc5ccccc5c5ccccc45)cc3)c12. The summed E-state index contributed by atoms with van der Waals surface area (Å²) in [5, 5.41) is 7.31. The van der Waals surface area contributed by atoms with E-state index in [0.29, 0.717) is 0 Å². The van der Waals surface area contributed by atoms with Crippen molar-refractivity contribution in [2.75, 3.05) is 4.90 Å². The second kappa shape index (κ2) is 11.0. The Hall–Kier alpha value is -6.12.